The molecule has 19 nitrogen and oxygen atoms in total. The first kappa shape index (κ1) is 86.7. The molecule has 17 atom stereocenters. The minimum Gasteiger partial charge on any atom is -0.394 e. The highest BCUT2D eigenvalue weighted by molar-refractivity contribution is 5.76. The van der Waals surface area contributed by atoms with E-state index in [1.807, 2.05) is 0 Å². The van der Waals surface area contributed by atoms with Crippen LogP contribution in [0, 0.1) is 0 Å². The molecule has 552 valence electrons. The SMILES string of the molecule is CC/C=C\C/C=C\C/C=C\C/C=C\C/C=C\C/C=C\C/C=C\C/C=C\C/C=C\CCCCCC(=O)NC(COC1OC(CO)C(OC2OC(CO)C(OC3OC(CO)C(O)C(O)C3O)C(O)C2O)C(O)C1O)C(O)CCCCCCCCCCCCCCCCCCCCCC. The molecule has 0 aromatic rings. The van der Waals surface area contributed by atoms with Crippen molar-refractivity contribution in [3.63, 3.8) is 0 Å². The highest BCUT2D eigenvalue weighted by atomic mass is 16.8. The quantitative estimate of drug-likeness (QED) is 0.0199. The Kier molecular flexibility index (Phi) is 51.6. The van der Waals surface area contributed by atoms with Gasteiger partial charge in [0.25, 0.3) is 0 Å². The third-order valence-corrected chi connectivity index (χ3v) is 17.9. The second-order valence-electron chi connectivity index (χ2n) is 26.0. The summed E-state index contributed by atoms with van der Waals surface area (Å²) in [7, 11) is 0. The highest BCUT2D eigenvalue weighted by Gasteiger charge is 2.53. The first-order valence-electron chi connectivity index (χ1n) is 37.1. The van der Waals surface area contributed by atoms with Crippen molar-refractivity contribution in [2.75, 3.05) is 26.4 Å². The lowest BCUT2D eigenvalue weighted by molar-refractivity contribution is -0.379. The number of aliphatic hydroxyl groups excluding tert-OH is 11. The average Bonchev–Trinajstić information content (AvgIpc) is 0.786. The molecule has 0 spiro atoms. The summed E-state index contributed by atoms with van der Waals surface area (Å²) < 4.78 is 34.4. The summed E-state index contributed by atoms with van der Waals surface area (Å²) in [6.07, 6.45) is 50.1. The van der Waals surface area contributed by atoms with Gasteiger partial charge in [-0.3, -0.25) is 4.79 Å². The number of carbonyl (C=O) groups is 1. The Bertz CT molecular complexity index is 2160. The van der Waals surface area contributed by atoms with E-state index < -0.39 is 124 Å². The molecule has 0 saturated carbocycles. The van der Waals surface area contributed by atoms with Crippen LogP contribution in [0.4, 0.5) is 0 Å². The van der Waals surface area contributed by atoms with Crippen molar-refractivity contribution in [1.29, 1.82) is 0 Å². The fourth-order valence-electron chi connectivity index (χ4n) is 11.9. The lowest BCUT2D eigenvalue weighted by Gasteiger charge is -2.48. The second kappa shape index (κ2) is 57.1. The zero-order valence-electron chi connectivity index (χ0n) is 58.6. The summed E-state index contributed by atoms with van der Waals surface area (Å²) in [5, 5.41) is 121. The summed E-state index contributed by atoms with van der Waals surface area (Å²) in [6, 6.07) is -0.915. The smallest absolute Gasteiger partial charge is 0.220 e. The van der Waals surface area contributed by atoms with Crippen LogP contribution in [0.25, 0.3) is 0 Å². The first-order valence-corrected chi connectivity index (χ1v) is 37.1. The third kappa shape index (κ3) is 37.8. The molecule has 1 amide bonds. The van der Waals surface area contributed by atoms with E-state index in [0.717, 1.165) is 96.3 Å². The molecular formula is C77H131NO18. The normalized spacial score (nSPS) is 27.7. The molecule has 17 unspecified atom stereocenters. The van der Waals surface area contributed by atoms with E-state index in [9.17, 15) is 61.0 Å². The molecule has 3 rings (SSSR count). The van der Waals surface area contributed by atoms with Gasteiger partial charge in [-0.1, -0.05) is 258 Å². The fraction of sp³-hybridized carbons (Fsp3) is 0.753. The van der Waals surface area contributed by atoms with Crippen molar-refractivity contribution in [3.8, 4) is 0 Å². The minimum absolute atomic E-state index is 0.219. The van der Waals surface area contributed by atoms with Crippen LogP contribution in [0.15, 0.2) is 109 Å². The van der Waals surface area contributed by atoms with Gasteiger partial charge in [0, 0.05) is 6.42 Å². The van der Waals surface area contributed by atoms with Crippen LogP contribution in [0.2, 0.25) is 0 Å². The summed E-state index contributed by atoms with van der Waals surface area (Å²) in [5.74, 6) is -0.277. The van der Waals surface area contributed by atoms with Crippen molar-refractivity contribution < 1.29 is 89.4 Å². The molecular weight excluding hydrogens is 1230 g/mol. The van der Waals surface area contributed by atoms with E-state index >= 15 is 0 Å². The van der Waals surface area contributed by atoms with E-state index in [1.165, 1.54) is 103 Å². The Morgan fingerprint density at radius 3 is 1.11 bits per heavy atom. The third-order valence-electron chi connectivity index (χ3n) is 17.9. The molecule has 3 aliphatic heterocycles. The Hall–Kier alpha value is -3.55. The van der Waals surface area contributed by atoms with Gasteiger partial charge in [-0.15, -0.1) is 0 Å². The molecule has 0 aromatic heterocycles. The molecule has 0 aromatic carbocycles. The van der Waals surface area contributed by atoms with Gasteiger partial charge in [-0.25, -0.2) is 0 Å². The van der Waals surface area contributed by atoms with Crippen molar-refractivity contribution in [1.82, 2.24) is 5.32 Å². The van der Waals surface area contributed by atoms with Gasteiger partial charge in [-0.2, -0.15) is 0 Å². The van der Waals surface area contributed by atoms with Gasteiger partial charge in [0.2, 0.25) is 5.91 Å². The number of rotatable bonds is 56. The van der Waals surface area contributed by atoms with E-state index in [-0.39, 0.29) is 18.9 Å². The molecule has 3 fully saturated rings. The number of hydrogen-bond acceptors (Lipinski definition) is 18. The number of unbranched alkanes of at least 4 members (excludes halogenated alkanes) is 22. The van der Waals surface area contributed by atoms with Gasteiger partial charge in [-0.05, 0) is 83.5 Å². The summed E-state index contributed by atoms with van der Waals surface area (Å²) >= 11 is 0. The van der Waals surface area contributed by atoms with Gasteiger partial charge >= 0.3 is 0 Å². The lowest BCUT2D eigenvalue weighted by atomic mass is 9.96. The lowest BCUT2D eigenvalue weighted by Crippen LogP contribution is -2.66. The Balaban J connectivity index is 1.42. The summed E-state index contributed by atoms with van der Waals surface area (Å²) in [4.78, 5) is 13.5. The van der Waals surface area contributed by atoms with Crippen molar-refractivity contribution in [2.45, 2.75) is 343 Å². The van der Waals surface area contributed by atoms with Crippen molar-refractivity contribution in [2.24, 2.45) is 0 Å². The minimum atomic E-state index is -1.98. The standard InChI is InChI=1S/C77H131NO18/c1-3-5-7-9-11-13-15-17-19-21-23-25-26-27-28-29-30-31-32-33-34-35-37-39-41-43-45-47-49-51-53-55-65(83)78-60(61(82)54-52-50-48-46-44-42-40-38-36-24-22-20-18-16-14-12-10-8-6-4-2)59-91-75-71(89)68(86)73(63(57-80)93-75)96-77-72(90)69(87)74(64(58-81)94-77)95-76-70(88)67(85)66(84)62(56-79)92-76/h5,7,11,13,17,19,23,25,27-28,30-31,33-34,37,39,43,45,60-64,66-77,79-82,84-90H,3-4,6,8-10,12,14-16,18,20-22,24,26,29,32,35-36,38,40-42,44,46-59H2,1-2H3,(H,78,83)/b7-5-,13-11-,19-17-,25-23-,28-27-,31-30-,34-33-,39-37-,45-43-. The van der Waals surface area contributed by atoms with Crippen molar-refractivity contribution >= 4 is 5.91 Å². The monoisotopic (exact) mass is 1360 g/mol. The molecule has 0 radical (unpaired) electrons. The molecule has 12 N–H and O–H groups in total. The van der Waals surface area contributed by atoms with Gasteiger partial charge < -0.3 is 89.9 Å². The van der Waals surface area contributed by atoms with Gasteiger partial charge in [0.05, 0.1) is 38.6 Å². The Labute approximate surface area is 576 Å². The molecule has 3 saturated heterocycles. The van der Waals surface area contributed by atoms with Gasteiger partial charge in [0.15, 0.2) is 18.9 Å². The fourth-order valence-corrected chi connectivity index (χ4v) is 11.9. The number of ether oxygens (including phenoxy) is 6. The largest absolute Gasteiger partial charge is 0.394 e. The molecule has 96 heavy (non-hydrogen) atoms. The van der Waals surface area contributed by atoms with Crippen LogP contribution >= 0.6 is 0 Å². The maximum absolute atomic E-state index is 13.5. The number of amides is 1. The second-order valence-corrected chi connectivity index (χ2v) is 26.0. The van der Waals surface area contributed by atoms with Crippen molar-refractivity contribution in [3.05, 3.63) is 109 Å². The van der Waals surface area contributed by atoms with Gasteiger partial charge in [0.1, 0.15) is 73.2 Å². The van der Waals surface area contributed by atoms with Crippen LogP contribution < -0.4 is 5.32 Å². The molecule has 3 heterocycles. The Morgan fingerprint density at radius 1 is 0.385 bits per heavy atom. The molecule has 0 aliphatic carbocycles. The van der Waals surface area contributed by atoms with E-state index in [2.05, 4.69) is 129 Å². The Morgan fingerprint density at radius 2 is 0.719 bits per heavy atom. The number of aliphatic hydroxyl groups is 11. The van der Waals surface area contributed by atoms with Crippen LogP contribution in [-0.2, 0) is 33.2 Å². The first-order chi connectivity index (χ1) is 46.8. The number of nitrogens with one attached hydrogen (secondary N) is 1. The molecule has 3 aliphatic rings. The molecule has 19 heteroatoms. The topological polar surface area (TPSA) is 307 Å². The van der Waals surface area contributed by atoms with E-state index in [1.54, 1.807) is 0 Å². The summed E-state index contributed by atoms with van der Waals surface area (Å²) in [5.41, 5.74) is 0. The molecule has 0 bridgehead atoms. The number of carbonyl (C=O) groups excluding carboxylic acids is 1. The van der Waals surface area contributed by atoms with Crippen LogP contribution in [0.1, 0.15) is 239 Å². The van der Waals surface area contributed by atoms with Crippen LogP contribution in [0.5, 0.6) is 0 Å². The predicted octanol–water partition coefficient (Wildman–Crippen LogP) is 11.0. The van der Waals surface area contributed by atoms with Crippen LogP contribution in [0.3, 0.4) is 0 Å². The number of hydrogen-bond donors (Lipinski definition) is 12. The maximum Gasteiger partial charge on any atom is 0.220 e. The zero-order chi connectivity index (χ0) is 69.6. The average molecular weight is 1360 g/mol. The highest BCUT2D eigenvalue weighted by Crippen LogP contribution is 2.33. The van der Waals surface area contributed by atoms with E-state index in [4.69, 9.17) is 28.4 Å². The van der Waals surface area contributed by atoms with Crippen LogP contribution in [-0.4, -0.2) is 193 Å². The summed E-state index contributed by atoms with van der Waals surface area (Å²) in [6.45, 7) is 1.66. The number of allylic oxidation sites excluding steroid dienone is 18. The predicted molar refractivity (Wildman–Crippen MR) is 378 cm³/mol. The zero-order valence-corrected chi connectivity index (χ0v) is 58.6. The van der Waals surface area contributed by atoms with E-state index in [0.29, 0.717) is 19.3 Å². The maximum atomic E-state index is 13.5.